The van der Waals surface area contributed by atoms with Crippen molar-refractivity contribution in [2.24, 2.45) is 0 Å². The summed E-state index contributed by atoms with van der Waals surface area (Å²) in [6.45, 7) is 15.7. The van der Waals surface area contributed by atoms with Crippen molar-refractivity contribution in [3.05, 3.63) is 88.5 Å². The summed E-state index contributed by atoms with van der Waals surface area (Å²) in [6.07, 6.45) is 3.34. The fourth-order valence-electron chi connectivity index (χ4n) is 5.77. The van der Waals surface area contributed by atoms with Gasteiger partial charge in [0.25, 0.3) is 0 Å². The van der Waals surface area contributed by atoms with Crippen molar-refractivity contribution >= 4 is 11.7 Å². The van der Waals surface area contributed by atoms with Gasteiger partial charge in [-0.2, -0.15) is 0 Å². The second-order valence-electron chi connectivity index (χ2n) is 13.7. The molecular weight excluding hydrogens is 522 g/mol. The number of rotatable bonds is 8. The second-order valence-corrected chi connectivity index (χ2v) is 13.7. The summed E-state index contributed by atoms with van der Waals surface area (Å²) < 4.78 is 5.66. The van der Waals surface area contributed by atoms with Gasteiger partial charge in [-0.05, 0) is 70.4 Å². The number of piperidine rings is 1. The molecule has 1 aliphatic heterocycles. The SMILES string of the molecule is COc1cccc(CCc2cc(C(C)(C)C)c(O)c(C(C)(C)C)c2)c1NC(=O)NC1CCN(Cc2ccccc2)CC1. The molecule has 3 N–H and O–H groups in total. The average Bonchev–Trinajstić information content (AvgIpc) is 2.93. The zero-order valence-electron chi connectivity index (χ0n) is 26.5. The first-order valence-corrected chi connectivity index (χ1v) is 15.2. The van der Waals surface area contributed by atoms with E-state index in [-0.39, 0.29) is 22.9 Å². The van der Waals surface area contributed by atoms with Crippen molar-refractivity contribution in [3.8, 4) is 11.5 Å². The van der Waals surface area contributed by atoms with Gasteiger partial charge in [-0.15, -0.1) is 0 Å². The van der Waals surface area contributed by atoms with Crippen LogP contribution in [0.4, 0.5) is 10.5 Å². The molecule has 0 spiro atoms. The van der Waals surface area contributed by atoms with Crippen LogP contribution in [0.25, 0.3) is 0 Å². The number of para-hydroxylation sites is 1. The van der Waals surface area contributed by atoms with E-state index in [1.807, 2.05) is 18.2 Å². The number of methoxy groups -OCH3 is 1. The van der Waals surface area contributed by atoms with E-state index < -0.39 is 0 Å². The number of nitrogens with one attached hydrogen (secondary N) is 2. The van der Waals surface area contributed by atoms with Gasteiger partial charge in [-0.25, -0.2) is 4.79 Å². The van der Waals surface area contributed by atoms with Crippen LogP contribution in [0.2, 0.25) is 0 Å². The Bertz CT molecular complexity index is 1310. The highest BCUT2D eigenvalue weighted by molar-refractivity contribution is 5.92. The first-order valence-electron chi connectivity index (χ1n) is 15.2. The maximum absolute atomic E-state index is 13.2. The predicted octanol–water partition coefficient (Wildman–Crippen LogP) is 7.57. The molecule has 3 aromatic rings. The summed E-state index contributed by atoms with van der Waals surface area (Å²) in [7, 11) is 1.63. The molecule has 4 rings (SSSR count). The zero-order chi connectivity index (χ0) is 30.5. The van der Waals surface area contributed by atoms with Gasteiger partial charge in [0, 0.05) is 25.7 Å². The number of carbonyl (C=O) groups is 1. The zero-order valence-corrected chi connectivity index (χ0v) is 26.5. The quantitative estimate of drug-likeness (QED) is 0.261. The van der Waals surface area contributed by atoms with Gasteiger partial charge < -0.3 is 20.5 Å². The Morgan fingerprint density at radius 3 is 2.07 bits per heavy atom. The van der Waals surface area contributed by atoms with Crippen LogP contribution in [0, 0.1) is 0 Å². The molecule has 6 nitrogen and oxygen atoms in total. The summed E-state index contributed by atoms with van der Waals surface area (Å²) in [5.41, 5.74) is 5.78. The highest BCUT2D eigenvalue weighted by Gasteiger charge is 2.27. The molecule has 0 radical (unpaired) electrons. The highest BCUT2D eigenvalue weighted by atomic mass is 16.5. The van der Waals surface area contributed by atoms with Crippen molar-refractivity contribution < 1.29 is 14.6 Å². The van der Waals surface area contributed by atoms with Crippen LogP contribution in [-0.4, -0.2) is 42.3 Å². The summed E-state index contributed by atoms with van der Waals surface area (Å²) in [5, 5.41) is 17.4. The maximum Gasteiger partial charge on any atom is 0.319 e. The molecule has 0 unspecified atom stereocenters. The van der Waals surface area contributed by atoms with Crippen molar-refractivity contribution in [2.75, 3.05) is 25.5 Å². The Morgan fingerprint density at radius 2 is 1.50 bits per heavy atom. The molecular formula is C36H49N3O3. The highest BCUT2D eigenvalue weighted by Crippen LogP contribution is 2.40. The number of phenolic OH excluding ortho intramolecular Hbond substituents is 1. The van der Waals surface area contributed by atoms with Gasteiger partial charge in [0.2, 0.25) is 0 Å². The van der Waals surface area contributed by atoms with Gasteiger partial charge in [0.1, 0.15) is 11.5 Å². The first-order chi connectivity index (χ1) is 19.8. The summed E-state index contributed by atoms with van der Waals surface area (Å²) in [6, 6.07) is 20.7. The van der Waals surface area contributed by atoms with Crippen molar-refractivity contribution in [1.82, 2.24) is 10.2 Å². The van der Waals surface area contributed by atoms with E-state index in [4.69, 9.17) is 4.74 Å². The van der Waals surface area contributed by atoms with Crippen LogP contribution in [0.15, 0.2) is 60.7 Å². The number of carbonyl (C=O) groups excluding carboxylic acids is 1. The third kappa shape index (κ3) is 8.07. The van der Waals surface area contributed by atoms with E-state index in [9.17, 15) is 9.90 Å². The molecule has 3 aromatic carbocycles. The van der Waals surface area contributed by atoms with Crippen LogP contribution in [0.5, 0.6) is 11.5 Å². The minimum absolute atomic E-state index is 0.138. The lowest BCUT2D eigenvalue weighted by Crippen LogP contribution is -2.45. The third-order valence-electron chi connectivity index (χ3n) is 8.21. The monoisotopic (exact) mass is 571 g/mol. The Balaban J connectivity index is 1.43. The number of ether oxygens (including phenoxy) is 1. The third-order valence-corrected chi connectivity index (χ3v) is 8.21. The molecule has 42 heavy (non-hydrogen) atoms. The molecule has 1 fully saturated rings. The van der Waals surface area contributed by atoms with Gasteiger partial charge in [0.05, 0.1) is 12.8 Å². The van der Waals surface area contributed by atoms with E-state index in [0.29, 0.717) is 17.2 Å². The molecule has 0 aliphatic carbocycles. The fourth-order valence-corrected chi connectivity index (χ4v) is 5.77. The number of nitrogens with zero attached hydrogens (tertiary/aromatic N) is 1. The fraction of sp³-hybridized carbons (Fsp3) is 0.472. The number of amides is 2. The van der Waals surface area contributed by atoms with Crippen LogP contribution >= 0.6 is 0 Å². The van der Waals surface area contributed by atoms with Gasteiger partial charge in [-0.1, -0.05) is 96.1 Å². The smallest absolute Gasteiger partial charge is 0.319 e. The van der Waals surface area contributed by atoms with Gasteiger partial charge in [-0.3, -0.25) is 4.90 Å². The van der Waals surface area contributed by atoms with Crippen molar-refractivity contribution in [3.63, 3.8) is 0 Å². The number of aromatic hydroxyl groups is 1. The molecule has 1 aliphatic rings. The lowest BCUT2D eigenvalue weighted by molar-refractivity contribution is 0.190. The van der Waals surface area contributed by atoms with Gasteiger partial charge >= 0.3 is 6.03 Å². The molecule has 0 bridgehead atoms. The number of benzene rings is 3. The summed E-state index contributed by atoms with van der Waals surface area (Å²) >= 11 is 0. The number of likely N-dealkylation sites (tertiary alicyclic amines) is 1. The molecule has 1 heterocycles. The number of aryl methyl sites for hydroxylation is 2. The minimum Gasteiger partial charge on any atom is -0.507 e. The molecule has 6 heteroatoms. The number of hydrogen-bond donors (Lipinski definition) is 3. The van der Waals surface area contributed by atoms with Crippen molar-refractivity contribution in [1.29, 1.82) is 0 Å². The Hall–Kier alpha value is -3.51. The van der Waals surface area contributed by atoms with E-state index >= 15 is 0 Å². The topological polar surface area (TPSA) is 73.8 Å². The van der Waals surface area contributed by atoms with Crippen LogP contribution in [0.1, 0.15) is 82.2 Å². The maximum atomic E-state index is 13.2. The Morgan fingerprint density at radius 1 is 0.881 bits per heavy atom. The Kier molecular flexibility index (Phi) is 9.88. The molecule has 0 aromatic heterocycles. The number of hydrogen-bond acceptors (Lipinski definition) is 4. The standard InChI is InChI=1S/C36H49N3O3/c1-35(2,3)29-22-26(23-30(33(29)40)36(4,5)6)16-17-27-14-11-15-31(42-7)32(27)38-34(41)37-28-18-20-39(21-19-28)24-25-12-9-8-10-13-25/h8-15,22-23,28,40H,16-21,24H2,1-7H3,(H2,37,38,41). The normalized spacial score (nSPS) is 14.9. The average molecular weight is 572 g/mol. The largest absolute Gasteiger partial charge is 0.507 e. The number of anilines is 1. The molecule has 226 valence electrons. The lowest BCUT2D eigenvalue weighted by Gasteiger charge is -2.32. The molecule has 2 amide bonds. The predicted molar refractivity (Wildman–Crippen MR) is 173 cm³/mol. The first kappa shape index (κ1) is 31.4. The summed E-state index contributed by atoms with van der Waals surface area (Å²) in [5.74, 6) is 1.04. The molecule has 1 saturated heterocycles. The second kappa shape index (κ2) is 13.2. The summed E-state index contributed by atoms with van der Waals surface area (Å²) in [4.78, 5) is 15.6. The minimum atomic E-state index is -0.197. The lowest BCUT2D eigenvalue weighted by atomic mass is 9.78. The van der Waals surface area contributed by atoms with Gasteiger partial charge in [0.15, 0.2) is 0 Å². The van der Waals surface area contributed by atoms with E-state index in [1.54, 1.807) is 7.11 Å². The van der Waals surface area contributed by atoms with Crippen molar-refractivity contribution in [2.45, 2.75) is 90.6 Å². The van der Waals surface area contributed by atoms with E-state index in [1.165, 1.54) is 11.1 Å². The van der Waals surface area contributed by atoms with E-state index in [0.717, 1.165) is 62.0 Å². The Labute approximate surface area is 252 Å². The molecule has 0 atom stereocenters. The van der Waals surface area contributed by atoms with Crippen LogP contribution in [0.3, 0.4) is 0 Å². The van der Waals surface area contributed by atoms with E-state index in [2.05, 4.69) is 99.5 Å². The van der Waals surface area contributed by atoms with Crippen LogP contribution in [-0.2, 0) is 30.2 Å². The van der Waals surface area contributed by atoms with Crippen LogP contribution < -0.4 is 15.4 Å². The number of phenols is 1. The molecule has 0 saturated carbocycles. The number of urea groups is 1.